The summed E-state index contributed by atoms with van der Waals surface area (Å²) in [6.07, 6.45) is 4.88. The van der Waals surface area contributed by atoms with Gasteiger partial charge in [-0.05, 0) is 12.0 Å². The Kier molecular flexibility index (Phi) is 7.18. The molecule has 0 unspecified atom stereocenters. The Morgan fingerprint density at radius 2 is 1.88 bits per heavy atom. The van der Waals surface area contributed by atoms with Gasteiger partial charge in [-0.3, -0.25) is 0 Å². The van der Waals surface area contributed by atoms with Gasteiger partial charge in [0.15, 0.2) is 0 Å². The molecule has 130 valence electrons. The van der Waals surface area contributed by atoms with Crippen molar-refractivity contribution in [3.8, 4) is 0 Å². The van der Waals surface area contributed by atoms with Crippen molar-refractivity contribution in [3.05, 3.63) is 54.1 Å². The predicted molar refractivity (Wildman–Crippen MR) is 91.0 cm³/mol. The molecule has 5 nitrogen and oxygen atoms in total. The van der Waals surface area contributed by atoms with E-state index in [1.54, 1.807) is 18.2 Å². The van der Waals surface area contributed by atoms with Crippen LogP contribution in [0.25, 0.3) is 6.08 Å². The van der Waals surface area contributed by atoms with Crippen molar-refractivity contribution >= 4 is 12.0 Å². The van der Waals surface area contributed by atoms with Crippen LogP contribution in [0.2, 0.25) is 0 Å². The van der Waals surface area contributed by atoms with E-state index in [2.05, 4.69) is 0 Å². The first-order valence-corrected chi connectivity index (χ1v) is 8.17. The van der Waals surface area contributed by atoms with Crippen LogP contribution in [0.5, 0.6) is 0 Å². The van der Waals surface area contributed by atoms with E-state index < -0.39 is 24.3 Å². The maximum Gasteiger partial charge on any atom is 0.330 e. The van der Waals surface area contributed by atoms with Gasteiger partial charge in [-0.15, -0.1) is 0 Å². The number of hydrogen-bond acceptors (Lipinski definition) is 5. The molecule has 1 aromatic carbocycles. The van der Waals surface area contributed by atoms with Crippen molar-refractivity contribution in [1.82, 2.24) is 0 Å². The van der Waals surface area contributed by atoms with Crippen molar-refractivity contribution in [1.29, 1.82) is 0 Å². The van der Waals surface area contributed by atoms with Crippen LogP contribution in [0.3, 0.4) is 0 Å². The van der Waals surface area contributed by atoms with Crippen molar-refractivity contribution < 1.29 is 24.9 Å². The van der Waals surface area contributed by atoms with Gasteiger partial charge in [0.2, 0.25) is 0 Å². The number of benzene rings is 1. The van der Waals surface area contributed by atoms with Crippen molar-refractivity contribution in [2.24, 2.45) is 0 Å². The molecular weight excluding hydrogens is 308 g/mol. The molecule has 1 aromatic rings. The maximum absolute atomic E-state index is 11.1. The largest absolute Gasteiger partial charge is 0.459 e. The lowest BCUT2D eigenvalue weighted by molar-refractivity contribution is -0.145. The summed E-state index contributed by atoms with van der Waals surface area (Å²) < 4.78 is 5.08. The van der Waals surface area contributed by atoms with E-state index in [0.29, 0.717) is 6.42 Å². The Morgan fingerprint density at radius 1 is 1.12 bits per heavy atom. The first kappa shape index (κ1) is 18.4. The highest BCUT2D eigenvalue weighted by atomic mass is 16.5. The molecule has 2 rings (SSSR count). The zero-order chi connectivity index (χ0) is 17.4. The van der Waals surface area contributed by atoms with Crippen LogP contribution < -0.4 is 0 Å². The zero-order valence-corrected chi connectivity index (χ0v) is 13.5. The van der Waals surface area contributed by atoms with E-state index in [4.69, 9.17) is 4.74 Å². The monoisotopic (exact) mass is 332 g/mol. The van der Waals surface area contributed by atoms with Crippen LogP contribution in [-0.2, 0) is 9.53 Å². The highest BCUT2D eigenvalue weighted by molar-refractivity contribution is 5.82. The van der Waals surface area contributed by atoms with E-state index in [1.165, 1.54) is 6.08 Å². The minimum Gasteiger partial charge on any atom is -0.459 e. The van der Waals surface area contributed by atoms with Crippen LogP contribution in [0.15, 0.2) is 48.6 Å². The maximum atomic E-state index is 11.1. The van der Waals surface area contributed by atoms with Gasteiger partial charge in [-0.25, -0.2) is 4.79 Å². The summed E-state index contributed by atoms with van der Waals surface area (Å²) in [5.74, 6) is -0.402. The van der Waals surface area contributed by atoms with Gasteiger partial charge in [0.05, 0.1) is 18.3 Å². The predicted octanol–water partition coefficient (Wildman–Crippen LogP) is 1.82. The summed E-state index contributed by atoms with van der Waals surface area (Å²) in [4.78, 5) is 11.1. The first-order chi connectivity index (χ1) is 11.5. The zero-order valence-electron chi connectivity index (χ0n) is 13.5. The molecule has 0 saturated carbocycles. The average molecular weight is 332 g/mol. The van der Waals surface area contributed by atoms with Gasteiger partial charge in [0, 0.05) is 25.3 Å². The molecule has 1 aliphatic rings. The van der Waals surface area contributed by atoms with Crippen LogP contribution >= 0.6 is 0 Å². The number of esters is 1. The molecule has 4 atom stereocenters. The van der Waals surface area contributed by atoms with Crippen molar-refractivity contribution in [2.45, 2.75) is 50.1 Å². The van der Waals surface area contributed by atoms with Gasteiger partial charge in [0.25, 0.3) is 0 Å². The summed E-state index contributed by atoms with van der Waals surface area (Å²) in [5.41, 5.74) is 0.971. The summed E-state index contributed by atoms with van der Waals surface area (Å²) in [7, 11) is 0. The Hall–Kier alpha value is -1.95. The number of ether oxygens (including phenoxy) is 1. The van der Waals surface area contributed by atoms with Gasteiger partial charge < -0.3 is 20.1 Å². The van der Waals surface area contributed by atoms with Crippen LogP contribution in [0, 0.1) is 0 Å². The lowest BCUT2D eigenvalue weighted by Crippen LogP contribution is -2.28. The number of hydrogen-bond donors (Lipinski definition) is 3. The van der Waals surface area contributed by atoms with Gasteiger partial charge >= 0.3 is 5.97 Å². The Bertz CT molecular complexity index is 566. The third kappa shape index (κ3) is 6.66. The number of rotatable bonds is 8. The van der Waals surface area contributed by atoms with Crippen molar-refractivity contribution in [3.63, 3.8) is 0 Å². The minimum absolute atomic E-state index is 0.133. The summed E-state index contributed by atoms with van der Waals surface area (Å²) >= 11 is 0. The minimum atomic E-state index is -0.828. The number of carbonyl (C=O) groups is 1. The molecule has 24 heavy (non-hydrogen) atoms. The molecule has 0 amide bonds. The molecule has 3 N–H and O–H groups in total. The molecule has 0 radical (unpaired) electrons. The lowest BCUT2D eigenvalue weighted by atomic mass is 9.99. The van der Waals surface area contributed by atoms with Gasteiger partial charge in [0.1, 0.15) is 6.10 Å². The molecule has 0 fully saturated rings. The van der Waals surface area contributed by atoms with Crippen LogP contribution in [0.1, 0.15) is 31.2 Å². The van der Waals surface area contributed by atoms with E-state index >= 15 is 0 Å². The number of cyclic esters (lactones) is 1. The van der Waals surface area contributed by atoms with Crippen LogP contribution in [-0.4, -0.2) is 45.7 Å². The molecule has 0 bridgehead atoms. The quantitative estimate of drug-likeness (QED) is 0.632. The molecular formula is C19H24O5. The third-order valence-electron chi connectivity index (χ3n) is 3.84. The lowest BCUT2D eigenvalue weighted by Gasteiger charge is -2.23. The Morgan fingerprint density at radius 3 is 2.58 bits per heavy atom. The Balaban J connectivity index is 1.71. The van der Waals surface area contributed by atoms with E-state index in [-0.39, 0.29) is 25.4 Å². The normalized spacial score (nSPS) is 21.5. The molecule has 0 aliphatic carbocycles. The van der Waals surface area contributed by atoms with Gasteiger partial charge in [-0.1, -0.05) is 48.6 Å². The fourth-order valence-corrected chi connectivity index (χ4v) is 2.67. The number of carbonyl (C=O) groups excluding carboxylic acids is 1. The van der Waals surface area contributed by atoms with E-state index in [0.717, 1.165) is 5.56 Å². The van der Waals surface area contributed by atoms with Crippen molar-refractivity contribution in [2.75, 3.05) is 0 Å². The van der Waals surface area contributed by atoms with E-state index in [1.807, 2.05) is 30.3 Å². The third-order valence-corrected chi connectivity index (χ3v) is 3.84. The summed E-state index contributed by atoms with van der Waals surface area (Å²) in [6, 6.07) is 9.57. The summed E-state index contributed by atoms with van der Waals surface area (Å²) in [6.45, 7) is 0. The Labute approximate surface area is 141 Å². The fourth-order valence-electron chi connectivity index (χ4n) is 2.67. The summed E-state index contributed by atoms with van der Waals surface area (Å²) in [5, 5.41) is 29.9. The average Bonchev–Trinajstić information content (AvgIpc) is 2.53. The SMILES string of the molecule is O=C1C=CC[C@H](C[C@H](O)C[C@@H](O)C[C@@H](O)/C=C/c2ccccc2)O1. The molecule has 0 saturated heterocycles. The molecule has 1 heterocycles. The second-order valence-corrected chi connectivity index (χ2v) is 6.05. The fraction of sp³-hybridized carbons (Fsp3) is 0.421. The van der Waals surface area contributed by atoms with Gasteiger partial charge in [-0.2, -0.15) is 0 Å². The molecule has 5 heteroatoms. The van der Waals surface area contributed by atoms with Crippen LogP contribution in [0.4, 0.5) is 0 Å². The second-order valence-electron chi connectivity index (χ2n) is 6.05. The standard InChI is InChI=1S/C19H24O5/c20-15(10-9-14-5-2-1-3-6-14)11-16(21)12-17(22)13-18-7-4-8-19(23)24-18/h1-6,8-10,15-18,20-22H,7,11-13H2/b10-9+/t15-,16-,17+,18+/m0/s1. The molecule has 0 spiro atoms. The molecule has 1 aliphatic heterocycles. The second kappa shape index (κ2) is 9.37. The molecule has 0 aromatic heterocycles. The first-order valence-electron chi connectivity index (χ1n) is 8.17. The number of aliphatic hydroxyl groups excluding tert-OH is 3. The highest BCUT2D eigenvalue weighted by Crippen LogP contribution is 2.17. The highest BCUT2D eigenvalue weighted by Gasteiger charge is 2.22. The van der Waals surface area contributed by atoms with E-state index in [9.17, 15) is 20.1 Å². The topological polar surface area (TPSA) is 87.0 Å². The number of aliphatic hydroxyl groups is 3. The smallest absolute Gasteiger partial charge is 0.330 e.